The maximum atomic E-state index is 12.5. The summed E-state index contributed by atoms with van der Waals surface area (Å²) in [6, 6.07) is 16.3. The van der Waals surface area contributed by atoms with Crippen molar-refractivity contribution in [2.45, 2.75) is 31.4 Å². The Hall–Kier alpha value is -2.82. The molecular weight excluding hydrogens is 314 g/mol. The molecule has 0 saturated heterocycles. The highest BCUT2D eigenvalue weighted by atomic mass is 16.5. The van der Waals surface area contributed by atoms with Gasteiger partial charge in [0, 0.05) is 19.0 Å². The first-order valence-corrected chi connectivity index (χ1v) is 8.47. The molecule has 2 heterocycles. The molecule has 2 atom stereocenters. The van der Waals surface area contributed by atoms with Crippen molar-refractivity contribution in [3.8, 4) is 16.9 Å². The fraction of sp³-hybridized carbons (Fsp3) is 0.300. The third kappa shape index (κ3) is 2.56. The number of aliphatic imine (C=N–C) groups is 1. The summed E-state index contributed by atoms with van der Waals surface area (Å²) in [7, 11) is 1.66. The highest BCUT2D eigenvalue weighted by molar-refractivity contribution is 5.99. The molecule has 0 saturated carbocycles. The molecule has 0 radical (unpaired) electrons. The second kappa shape index (κ2) is 5.62. The molecule has 1 amide bonds. The second-order valence-corrected chi connectivity index (χ2v) is 6.84. The minimum atomic E-state index is -0.647. The maximum absolute atomic E-state index is 12.5. The normalized spacial score (nSPS) is 25.4. The van der Waals surface area contributed by atoms with E-state index in [4.69, 9.17) is 15.5 Å². The van der Waals surface area contributed by atoms with Crippen LogP contribution in [0.4, 0.5) is 0 Å². The first kappa shape index (κ1) is 15.7. The van der Waals surface area contributed by atoms with Gasteiger partial charge >= 0.3 is 0 Å². The summed E-state index contributed by atoms with van der Waals surface area (Å²) in [5, 5.41) is 0. The SMILES string of the molecule is C[C@H]1C[C@]2(CC(=O)N(C)C(N)=N2)c2cc(-c3ccccc3)ccc2O1. The number of ether oxygens (including phenoxy) is 1. The quantitative estimate of drug-likeness (QED) is 0.871. The molecule has 0 bridgehead atoms. The number of carbonyl (C=O) groups is 1. The molecule has 1 spiro atoms. The van der Waals surface area contributed by atoms with Crippen molar-refractivity contribution in [3.63, 3.8) is 0 Å². The number of hydrogen-bond donors (Lipinski definition) is 1. The third-order valence-corrected chi connectivity index (χ3v) is 5.03. The number of guanidine groups is 1. The Morgan fingerprint density at radius 3 is 2.68 bits per heavy atom. The van der Waals surface area contributed by atoms with Gasteiger partial charge in [0.25, 0.3) is 0 Å². The van der Waals surface area contributed by atoms with Crippen LogP contribution in [0.25, 0.3) is 11.1 Å². The van der Waals surface area contributed by atoms with E-state index in [1.54, 1.807) is 7.05 Å². The van der Waals surface area contributed by atoms with Gasteiger partial charge in [0.1, 0.15) is 11.3 Å². The molecule has 128 valence electrons. The number of fused-ring (bicyclic) bond motifs is 2. The molecule has 0 unspecified atom stereocenters. The summed E-state index contributed by atoms with van der Waals surface area (Å²) in [6.07, 6.45) is 0.921. The van der Waals surface area contributed by atoms with Crippen LogP contribution < -0.4 is 10.5 Å². The molecule has 5 heteroatoms. The standard InChI is InChI=1S/C20H21N3O2/c1-13-11-20(12-18(24)23(2)19(21)22-20)16-10-15(8-9-17(16)25-13)14-6-4-3-5-7-14/h3-10,13H,11-12H2,1-2H3,(H2,21,22)/t13-,20-/m0/s1. The van der Waals surface area contributed by atoms with Crippen LogP contribution in [0.3, 0.4) is 0 Å². The van der Waals surface area contributed by atoms with E-state index in [9.17, 15) is 4.79 Å². The van der Waals surface area contributed by atoms with Gasteiger partial charge in [-0.1, -0.05) is 36.4 Å². The molecule has 2 aromatic carbocycles. The average molecular weight is 335 g/mol. The monoisotopic (exact) mass is 335 g/mol. The van der Waals surface area contributed by atoms with Gasteiger partial charge in [-0.05, 0) is 30.2 Å². The Morgan fingerprint density at radius 1 is 1.20 bits per heavy atom. The Bertz CT molecular complexity index is 862. The number of nitrogens with two attached hydrogens (primary N) is 1. The van der Waals surface area contributed by atoms with Crippen molar-refractivity contribution in [1.82, 2.24) is 4.90 Å². The van der Waals surface area contributed by atoms with Gasteiger partial charge in [-0.2, -0.15) is 0 Å². The number of benzene rings is 2. The van der Waals surface area contributed by atoms with Crippen LogP contribution in [0.5, 0.6) is 5.75 Å². The third-order valence-electron chi connectivity index (χ3n) is 5.03. The lowest BCUT2D eigenvalue weighted by molar-refractivity contribution is -0.129. The molecule has 2 aliphatic heterocycles. The van der Waals surface area contributed by atoms with Gasteiger partial charge in [0.05, 0.1) is 12.5 Å². The van der Waals surface area contributed by atoms with Crippen LogP contribution in [0.2, 0.25) is 0 Å². The lowest BCUT2D eigenvalue weighted by Crippen LogP contribution is -2.50. The predicted molar refractivity (Wildman–Crippen MR) is 97.3 cm³/mol. The van der Waals surface area contributed by atoms with E-state index in [2.05, 4.69) is 18.2 Å². The highest BCUT2D eigenvalue weighted by Crippen LogP contribution is 2.47. The first-order valence-electron chi connectivity index (χ1n) is 8.47. The zero-order chi connectivity index (χ0) is 17.6. The Kier molecular flexibility index (Phi) is 3.53. The summed E-state index contributed by atoms with van der Waals surface area (Å²) in [6.45, 7) is 2.00. The Balaban J connectivity index is 1.89. The van der Waals surface area contributed by atoms with Crippen LogP contribution in [0.1, 0.15) is 25.3 Å². The average Bonchev–Trinajstić information content (AvgIpc) is 2.60. The van der Waals surface area contributed by atoms with Crippen LogP contribution in [0.15, 0.2) is 53.5 Å². The lowest BCUT2D eigenvalue weighted by Gasteiger charge is -2.42. The lowest BCUT2D eigenvalue weighted by atomic mass is 9.78. The summed E-state index contributed by atoms with van der Waals surface area (Å²) in [4.78, 5) is 18.6. The van der Waals surface area contributed by atoms with E-state index in [1.807, 2.05) is 37.3 Å². The zero-order valence-corrected chi connectivity index (χ0v) is 14.4. The van der Waals surface area contributed by atoms with Crippen molar-refractivity contribution < 1.29 is 9.53 Å². The summed E-state index contributed by atoms with van der Waals surface area (Å²) >= 11 is 0. The molecule has 25 heavy (non-hydrogen) atoms. The number of rotatable bonds is 1. The number of nitrogens with zero attached hydrogens (tertiary/aromatic N) is 2. The van der Waals surface area contributed by atoms with Gasteiger partial charge in [0.2, 0.25) is 5.91 Å². The molecule has 2 aliphatic rings. The van der Waals surface area contributed by atoms with E-state index in [-0.39, 0.29) is 18.0 Å². The van der Waals surface area contributed by atoms with Crippen LogP contribution >= 0.6 is 0 Å². The molecule has 0 aromatic heterocycles. The minimum absolute atomic E-state index is 0.0161. The Morgan fingerprint density at radius 2 is 1.96 bits per heavy atom. The molecule has 0 aliphatic carbocycles. The molecule has 2 N–H and O–H groups in total. The van der Waals surface area contributed by atoms with Crippen LogP contribution in [0, 0.1) is 0 Å². The second-order valence-electron chi connectivity index (χ2n) is 6.84. The van der Waals surface area contributed by atoms with Crippen molar-refractivity contribution in [1.29, 1.82) is 0 Å². The van der Waals surface area contributed by atoms with Gasteiger partial charge < -0.3 is 10.5 Å². The number of amides is 1. The fourth-order valence-corrected chi connectivity index (χ4v) is 3.75. The van der Waals surface area contributed by atoms with E-state index in [0.717, 1.165) is 22.4 Å². The van der Waals surface area contributed by atoms with Crippen LogP contribution in [-0.2, 0) is 10.3 Å². The van der Waals surface area contributed by atoms with Crippen molar-refractivity contribution in [2.75, 3.05) is 7.05 Å². The Labute approximate surface area is 147 Å². The summed E-state index contributed by atoms with van der Waals surface area (Å²) in [5.41, 5.74) is 8.54. The van der Waals surface area contributed by atoms with Gasteiger partial charge in [0.15, 0.2) is 5.96 Å². The zero-order valence-electron chi connectivity index (χ0n) is 14.4. The van der Waals surface area contributed by atoms with Crippen LogP contribution in [-0.4, -0.2) is 29.9 Å². The van der Waals surface area contributed by atoms with Crippen molar-refractivity contribution in [2.24, 2.45) is 10.7 Å². The summed E-state index contributed by atoms with van der Waals surface area (Å²) < 4.78 is 6.01. The molecular formula is C20H21N3O2. The van der Waals surface area contributed by atoms with E-state index < -0.39 is 5.54 Å². The predicted octanol–water partition coefficient (Wildman–Crippen LogP) is 2.90. The van der Waals surface area contributed by atoms with E-state index >= 15 is 0 Å². The van der Waals surface area contributed by atoms with Crippen molar-refractivity contribution in [3.05, 3.63) is 54.1 Å². The van der Waals surface area contributed by atoms with Gasteiger partial charge in [-0.3, -0.25) is 9.69 Å². The van der Waals surface area contributed by atoms with Crippen molar-refractivity contribution >= 4 is 11.9 Å². The van der Waals surface area contributed by atoms with Gasteiger partial charge in [-0.15, -0.1) is 0 Å². The van der Waals surface area contributed by atoms with Gasteiger partial charge in [-0.25, -0.2) is 4.99 Å². The molecule has 4 rings (SSSR count). The topological polar surface area (TPSA) is 67.9 Å². The molecule has 0 fully saturated rings. The summed E-state index contributed by atoms with van der Waals surface area (Å²) in [5.74, 6) is 1.03. The first-order chi connectivity index (χ1) is 12.0. The smallest absolute Gasteiger partial charge is 0.231 e. The minimum Gasteiger partial charge on any atom is -0.490 e. The maximum Gasteiger partial charge on any atom is 0.231 e. The fourth-order valence-electron chi connectivity index (χ4n) is 3.75. The highest BCUT2D eigenvalue weighted by Gasteiger charge is 2.46. The largest absolute Gasteiger partial charge is 0.490 e. The number of hydrogen-bond acceptors (Lipinski definition) is 4. The molecule has 5 nitrogen and oxygen atoms in total. The number of carbonyl (C=O) groups excluding carboxylic acids is 1. The molecule has 2 aromatic rings. The van der Waals surface area contributed by atoms with E-state index in [0.29, 0.717) is 12.8 Å². The van der Waals surface area contributed by atoms with E-state index in [1.165, 1.54) is 4.90 Å².